The molecule has 0 spiro atoms. The number of alkyl carbamates (subject to hydrolysis) is 1. The topological polar surface area (TPSA) is 112 Å². The van der Waals surface area contributed by atoms with Crippen molar-refractivity contribution in [3.05, 3.63) is 11.4 Å². The number of imide groups is 1. The summed E-state index contributed by atoms with van der Waals surface area (Å²) < 4.78 is 10.4. The summed E-state index contributed by atoms with van der Waals surface area (Å²) in [5.41, 5.74) is 0.509. The van der Waals surface area contributed by atoms with Crippen LogP contribution in [0.15, 0.2) is 0 Å². The highest BCUT2D eigenvalue weighted by Gasteiger charge is 2.20. The van der Waals surface area contributed by atoms with Crippen molar-refractivity contribution in [3.8, 4) is 0 Å². The van der Waals surface area contributed by atoms with Gasteiger partial charge in [-0.2, -0.15) is 0 Å². The number of hydrogen-bond donors (Lipinski definition) is 1. The fourth-order valence-electron chi connectivity index (χ4n) is 1.52. The Kier molecular flexibility index (Phi) is 5.63. The van der Waals surface area contributed by atoms with Gasteiger partial charge >= 0.3 is 12.1 Å². The summed E-state index contributed by atoms with van der Waals surface area (Å²) in [6.07, 6.45) is -0.395. The second-order valence-electron chi connectivity index (χ2n) is 3.66. The summed E-state index contributed by atoms with van der Waals surface area (Å²) in [5, 5.41) is 9.40. The quantitative estimate of drug-likeness (QED) is 0.751. The van der Waals surface area contributed by atoms with Crippen molar-refractivity contribution in [2.45, 2.75) is 26.8 Å². The third-order valence-corrected chi connectivity index (χ3v) is 2.36. The molecule has 20 heavy (non-hydrogen) atoms. The number of hydrogen-bond acceptors (Lipinski definition) is 7. The Labute approximate surface area is 115 Å². The maximum atomic E-state index is 11.6. The van der Waals surface area contributed by atoms with Crippen molar-refractivity contribution < 1.29 is 23.9 Å². The molecule has 1 heterocycles. The van der Waals surface area contributed by atoms with Crippen molar-refractivity contribution >= 4 is 18.0 Å². The summed E-state index contributed by atoms with van der Waals surface area (Å²) in [6, 6.07) is 0. The van der Waals surface area contributed by atoms with E-state index in [2.05, 4.69) is 19.8 Å². The Morgan fingerprint density at radius 1 is 1.30 bits per heavy atom. The van der Waals surface area contributed by atoms with E-state index in [1.807, 2.05) is 5.32 Å². The van der Waals surface area contributed by atoms with Crippen LogP contribution in [-0.4, -0.2) is 46.7 Å². The van der Waals surface area contributed by atoms with Crippen LogP contribution in [0.4, 0.5) is 4.79 Å². The minimum atomic E-state index is -0.830. The highest BCUT2D eigenvalue weighted by atomic mass is 16.5. The molecule has 0 saturated carbocycles. The molecule has 1 aromatic rings. The monoisotopic (exact) mass is 284 g/mol. The van der Waals surface area contributed by atoms with Crippen LogP contribution in [0.3, 0.4) is 0 Å². The zero-order valence-electron chi connectivity index (χ0n) is 11.5. The molecule has 1 N–H and O–H groups in total. The molecule has 1 aromatic heterocycles. The van der Waals surface area contributed by atoms with Crippen LogP contribution < -0.4 is 5.32 Å². The fraction of sp³-hybridized carbons (Fsp3) is 0.545. The molecule has 0 aromatic carbocycles. The lowest BCUT2D eigenvalue weighted by Crippen LogP contribution is -2.34. The van der Waals surface area contributed by atoms with E-state index < -0.39 is 18.0 Å². The molecule has 0 atom stereocenters. The molecule has 0 aliphatic heterocycles. The molecule has 110 valence electrons. The number of ether oxygens (including phenoxy) is 2. The van der Waals surface area contributed by atoms with Crippen LogP contribution in [0.1, 0.15) is 30.0 Å². The Bertz CT molecular complexity index is 511. The van der Waals surface area contributed by atoms with Crippen LogP contribution in [0.2, 0.25) is 0 Å². The molecule has 2 amide bonds. The number of carbonyl (C=O) groups is 3. The zero-order chi connectivity index (χ0) is 15.1. The van der Waals surface area contributed by atoms with E-state index in [0.29, 0.717) is 12.1 Å². The molecular weight excluding hydrogens is 268 g/mol. The van der Waals surface area contributed by atoms with Gasteiger partial charge in [0.1, 0.15) is 6.54 Å². The maximum absolute atomic E-state index is 11.6. The summed E-state index contributed by atoms with van der Waals surface area (Å²) in [5.74, 6) is -1.24. The zero-order valence-corrected chi connectivity index (χ0v) is 11.5. The van der Waals surface area contributed by atoms with Crippen molar-refractivity contribution in [2.24, 2.45) is 0 Å². The number of rotatable bonds is 5. The molecule has 9 heteroatoms. The third kappa shape index (κ3) is 3.77. The lowest BCUT2D eigenvalue weighted by atomic mass is 10.2. The SMILES string of the molecule is CCOC(=O)NC(=O)Cn1nnc(C(=O)OC)c1CC. The average molecular weight is 284 g/mol. The molecule has 0 radical (unpaired) electrons. The van der Waals surface area contributed by atoms with Crippen molar-refractivity contribution in [1.82, 2.24) is 20.3 Å². The van der Waals surface area contributed by atoms with Gasteiger partial charge in [-0.3, -0.25) is 10.1 Å². The van der Waals surface area contributed by atoms with Crippen LogP contribution in [0, 0.1) is 0 Å². The maximum Gasteiger partial charge on any atom is 0.413 e. The average Bonchev–Trinajstić information content (AvgIpc) is 2.80. The molecular formula is C11H16N4O5. The highest BCUT2D eigenvalue weighted by molar-refractivity contribution is 5.92. The highest BCUT2D eigenvalue weighted by Crippen LogP contribution is 2.07. The second kappa shape index (κ2) is 7.22. The van der Waals surface area contributed by atoms with E-state index in [0.717, 1.165) is 0 Å². The smallest absolute Gasteiger partial charge is 0.413 e. The Hall–Kier alpha value is -2.45. The molecule has 0 fully saturated rings. The van der Waals surface area contributed by atoms with Crippen LogP contribution in [0.25, 0.3) is 0 Å². The summed E-state index contributed by atoms with van der Waals surface area (Å²) in [6.45, 7) is 3.32. The minimum Gasteiger partial charge on any atom is -0.464 e. The van der Waals surface area contributed by atoms with Gasteiger partial charge in [0.15, 0.2) is 5.69 Å². The first-order valence-corrected chi connectivity index (χ1v) is 6.00. The summed E-state index contributed by atoms with van der Waals surface area (Å²) >= 11 is 0. The predicted octanol–water partition coefficient (Wildman–Crippen LogP) is -0.100. The number of nitrogens with zero attached hydrogens (tertiary/aromatic N) is 3. The number of carbonyl (C=O) groups excluding carboxylic acids is 3. The second-order valence-corrected chi connectivity index (χ2v) is 3.66. The van der Waals surface area contributed by atoms with Gasteiger partial charge in [0.25, 0.3) is 5.91 Å². The first kappa shape index (κ1) is 15.6. The van der Waals surface area contributed by atoms with E-state index in [9.17, 15) is 14.4 Å². The van der Waals surface area contributed by atoms with Gasteiger partial charge in [0.05, 0.1) is 19.4 Å². The number of amides is 2. The minimum absolute atomic E-state index is 0.0546. The Balaban J connectivity index is 2.77. The van der Waals surface area contributed by atoms with Crippen molar-refractivity contribution in [2.75, 3.05) is 13.7 Å². The van der Waals surface area contributed by atoms with E-state index in [1.165, 1.54) is 11.8 Å². The van der Waals surface area contributed by atoms with Crippen LogP contribution in [-0.2, 0) is 27.2 Å². The number of methoxy groups -OCH3 is 1. The van der Waals surface area contributed by atoms with E-state index in [1.54, 1.807) is 13.8 Å². The van der Waals surface area contributed by atoms with Gasteiger partial charge in [0.2, 0.25) is 0 Å². The van der Waals surface area contributed by atoms with Gasteiger partial charge < -0.3 is 9.47 Å². The van der Waals surface area contributed by atoms with Gasteiger partial charge in [-0.05, 0) is 13.3 Å². The first-order chi connectivity index (χ1) is 9.53. The predicted molar refractivity (Wildman–Crippen MR) is 65.9 cm³/mol. The third-order valence-electron chi connectivity index (χ3n) is 2.36. The standard InChI is InChI=1S/C11H16N4O5/c1-4-7-9(10(17)19-3)13-14-15(7)6-8(16)12-11(18)20-5-2/h4-6H2,1-3H3,(H,12,16,18). The summed E-state index contributed by atoms with van der Waals surface area (Å²) in [4.78, 5) is 34.1. The van der Waals surface area contributed by atoms with Crippen molar-refractivity contribution in [1.29, 1.82) is 0 Å². The molecule has 0 bridgehead atoms. The Morgan fingerprint density at radius 3 is 2.55 bits per heavy atom. The van der Waals surface area contributed by atoms with Crippen LogP contribution in [0.5, 0.6) is 0 Å². The largest absolute Gasteiger partial charge is 0.464 e. The van der Waals surface area contributed by atoms with Gasteiger partial charge in [-0.15, -0.1) is 5.10 Å². The van der Waals surface area contributed by atoms with Crippen LogP contribution >= 0.6 is 0 Å². The van der Waals surface area contributed by atoms with E-state index >= 15 is 0 Å². The normalized spacial score (nSPS) is 9.95. The van der Waals surface area contributed by atoms with Gasteiger partial charge in [0, 0.05) is 0 Å². The molecule has 0 unspecified atom stereocenters. The van der Waals surface area contributed by atoms with Crippen molar-refractivity contribution in [3.63, 3.8) is 0 Å². The number of esters is 1. The van der Waals surface area contributed by atoms with Gasteiger partial charge in [-0.25, -0.2) is 14.3 Å². The lowest BCUT2D eigenvalue weighted by molar-refractivity contribution is -0.121. The first-order valence-electron chi connectivity index (χ1n) is 6.00. The molecule has 0 aliphatic rings. The van der Waals surface area contributed by atoms with Gasteiger partial charge in [-0.1, -0.05) is 12.1 Å². The lowest BCUT2D eigenvalue weighted by Gasteiger charge is -2.06. The molecule has 0 aliphatic carbocycles. The van der Waals surface area contributed by atoms with E-state index in [-0.39, 0.29) is 18.8 Å². The number of aromatic nitrogens is 3. The van der Waals surface area contributed by atoms with E-state index in [4.69, 9.17) is 0 Å². The molecule has 0 saturated heterocycles. The fourth-order valence-corrected chi connectivity index (χ4v) is 1.52. The Morgan fingerprint density at radius 2 is 2.00 bits per heavy atom. The summed E-state index contributed by atoms with van der Waals surface area (Å²) in [7, 11) is 1.23. The molecule has 1 rings (SSSR count). The number of nitrogens with one attached hydrogen (secondary N) is 1. The molecule has 9 nitrogen and oxygen atoms in total.